The summed E-state index contributed by atoms with van der Waals surface area (Å²) >= 11 is 0. The van der Waals surface area contributed by atoms with E-state index in [1.807, 2.05) is 11.6 Å². The number of carbonyl (C=O) groups is 2. The normalized spacial score (nSPS) is 19.0. The Bertz CT molecular complexity index is 654. The number of hydrogen-bond acceptors (Lipinski definition) is 4. The van der Waals surface area contributed by atoms with Gasteiger partial charge in [-0.3, -0.25) is 4.79 Å². The van der Waals surface area contributed by atoms with Crippen molar-refractivity contribution in [1.82, 2.24) is 14.9 Å². The van der Waals surface area contributed by atoms with Crippen molar-refractivity contribution in [1.29, 1.82) is 0 Å². The lowest BCUT2D eigenvalue weighted by Gasteiger charge is -2.32. The van der Waals surface area contributed by atoms with Crippen LogP contribution >= 0.6 is 0 Å². The van der Waals surface area contributed by atoms with Gasteiger partial charge in [-0.1, -0.05) is 17.7 Å². The Hall–Kier alpha value is -2.09. The summed E-state index contributed by atoms with van der Waals surface area (Å²) in [5.74, 6) is -0.302. The Kier molecular flexibility index (Phi) is 4.17. The van der Waals surface area contributed by atoms with E-state index in [1.165, 1.54) is 17.0 Å². The number of benzene rings is 1. The molecule has 0 spiro atoms. The van der Waals surface area contributed by atoms with Crippen molar-refractivity contribution >= 4 is 22.0 Å². The Morgan fingerprint density at radius 2 is 1.95 bits per heavy atom. The van der Waals surface area contributed by atoms with E-state index in [0.29, 0.717) is 6.54 Å². The van der Waals surface area contributed by atoms with E-state index < -0.39 is 22.1 Å². The van der Waals surface area contributed by atoms with Gasteiger partial charge in [0.1, 0.15) is 6.04 Å². The molecule has 0 saturated carbocycles. The SMILES string of the molecule is Cc1ccc(S(=O)(=O)NC(=O)N2CCNC(=O)C2C)cc1. The summed E-state index contributed by atoms with van der Waals surface area (Å²) in [5, 5.41) is 2.61. The number of sulfonamides is 1. The third-order valence-electron chi connectivity index (χ3n) is 3.31. The third kappa shape index (κ3) is 3.33. The minimum Gasteiger partial charge on any atom is -0.353 e. The van der Waals surface area contributed by atoms with Crippen molar-refractivity contribution in [2.24, 2.45) is 0 Å². The molecule has 21 heavy (non-hydrogen) atoms. The second kappa shape index (κ2) is 5.72. The van der Waals surface area contributed by atoms with E-state index in [4.69, 9.17) is 0 Å². The molecule has 0 aromatic heterocycles. The summed E-state index contributed by atoms with van der Waals surface area (Å²) in [6.45, 7) is 3.96. The second-order valence-corrected chi connectivity index (χ2v) is 6.57. The summed E-state index contributed by atoms with van der Waals surface area (Å²) in [5.41, 5.74) is 0.918. The second-order valence-electron chi connectivity index (χ2n) is 4.88. The van der Waals surface area contributed by atoms with Crippen LogP contribution in [0, 0.1) is 6.92 Å². The van der Waals surface area contributed by atoms with Crippen molar-refractivity contribution < 1.29 is 18.0 Å². The number of amides is 3. The zero-order valence-corrected chi connectivity index (χ0v) is 12.6. The van der Waals surface area contributed by atoms with Crippen LogP contribution in [0.25, 0.3) is 0 Å². The summed E-state index contributed by atoms with van der Waals surface area (Å²) in [6.07, 6.45) is 0. The minimum atomic E-state index is -3.94. The molecule has 2 rings (SSSR count). The first-order valence-corrected chi connectivity index (χ1v) is 7.97. The van der Waals surface area contributed by atoms with Gasteiger partial charge in [0.15, 0.2) is 0 Å². The number of nitrogens with zero attached hydrogens (tertiary/aromatic N) is 1. The number of piperazine rings is 1. The fraction of sp³-hybridized carbons (Fsp3) is 0.385. The molecule has 1 unspecified atom stereocenters. The highest BCUT2D eigenvalue weighted by Gasteiger charge is 2.31. The smallest absolute Gasteiger partial charge is 0.332 e. The molecule has 1 heterocycles. The monoisotopic (exact) mass is 311 g/mol. The third-order valence-corrected chi connectivity index (χ3v) is 4.65. The van der Waals surface area contributed by atoms with Crippen LogP contribution in [0.5, 0.6) is 0 Å². The summed E-state index contributed by atoms with van der Waals surface area (Å²) in [6, 6.07) is 4.66. The van der Waals surface area contributed by atoms with Gasteiger partial charge in [-0.05, 0) is 26.0 Å². The predicted molar refractivity (Wildman–Crippen MR) is 76.1 cm³/mol. The quantitative estimate of drug-likeness (QED) is 0.816. The van der Waals surface area contributed by atoms with Crippen LogP contribution in [0.2, 0.25) is 0 Å². The fourth-order valence-electron chi connectivity index (χ4n) is 2.01. The van der Waals surface area contributed by atoms with Gasteiger partial charge >= 0.3 is 6.03 Å². The van der Waals surface area contributed by atoms with Crippen LogP contribution in [0.3, 0.4) is 0 Å². The van der Waals surface area contributed by atoms with Crippen molar-refractivity contribution in [2.45, 2.75) is 24.8 Å². The standard InChI is InChI=1S/C13H17N3O4S/c1-9-3-5-11(6-4-9)21(19,20)15-13(18)16-8-7-14-12(17)10(16)2/h3-6,10H,7-8H2,1-2H3,(H,14,17)(H,15,18). The molecule has 1 fully saturated rings. The zero-order chi connectivity index (χ0) is 15.6. The number of rotatable bonds is 2. The highest BCUT2D eigenvalue weighted by molar-refractivity contribution is 7.90. The maximum atomic E-state index is 12.1. The Morgan fingerprint density at radius 3 is 2.57 bits per heavy atom. The van der Waals surface area contributed by atoms with Crippen molar-refractivity contribution in [2.75, 3.05) is 13.1 Å². The van der Waals surface area contributed by atoms with Crippen molar-refractivity contribution in [3.63, 3.8) is 0 Å². The number of aryl methyl sites for hydroxylation is 1. The van der Waals surface area contributed by atoms with E-state index in [2.05, 4.69) is 5.32 Å². The van der Waals surface area contributed by atoms with Gasteiger partial charge in [0.25, 0.3) is 10.0 Å². The van der Waals surface area contributed by atoms with Gasteiger partial charge in [-0.15, -0.1) is 0 Å². The van der Waals surface area contributed by atoms with Crippen LogP contribution < -0.4 is 10.0 Å². The number of carbonyl (C=O) groups excluding carboxylic acids is 2. The van der Waals surface area contributed by atoms with Crippen LogP contribution in [0.1, 0.15) is 12.5 Å². The van der Waals surface area contributed by atoms with Gasteiger partial charge in [-0.2, -0.15) is 0 Å². The van der Waals surface area contributed by atoms with Gasteiger partial charge in [0.2, 0.25) is 5.91 Å². The predicted octanol–water partition coefficient (Wildman–Crippen LogP) is 0.214. The maximum absolute atomic E-state index is 12.1. The molecule has 1 aromatic carbocycles. The zero-order valence-electron chi connectivity index (χ0n) is 11.8. The molecular weight excluding hydrogens is 294 g/mol. The maximum Gasteiger partial charge on any atom is 0.332 e. The minimum absolute atomic E-state index is 0.00978. The van der Waals surface area contributed by atoms with Gasteiger partial charge in [0, 0.05) is 13.1 Å². The average Bonchev–Trinajstić information content (AvgIpc) is 2.41. The van der Waals surface area contributed by atoms with Crippen molar-refractivity contribution in [3.8, 4) is 0 Å². The van der Waals surface area contributed by atoms with E-state index in [1.54, 1.807) is 19.1 Å². The molecule has 7 nitrogen and oxygen atoms in total. The van der Waals surface area contributed by atoms with Crippen LogP contribution in [-0.4, -0.2) is 44.4 Å². The Labute approximate surface area is 123 Å². The molecule has 114 valence electrons. The summed E-state index contributed by atoms with van der Waals surface area (Å²) < 4.78 is 26.2. The topological polar surface area (TPSA) is 95.6 Å². The number of hydrogen-bond donors (Lipinski definition) is 2. The van der Waals surface area contributed by atoms with E-state index in [0.717, 1.165) is 5.56 Å². The molecule has 0 radical (unpaired) electrons. The molecule has 1 aliphatic rings. The van der Waals surface area contributed by atoms with Gasteiger partial charge in [-0.25, -0.2) is 17.9 Å². The number of urea groups is 1. The molecule has 1 saturated heterocycles. The van der Waals surface area contributed by atoms with Gasteiger partial charge in [0.05, 0.1) is 4.90 Å². The molecule has 1 aromatic rings. The molecule has 0 aliphatic carbocycles. The molecule has 2 N–H and O–H groups in total. The first kappa shape index (κ1) is 15.3. The lowest BCUT2D eigenvalue weighted by molar-refractivity contribution is -0.126. The highest BCUT2D eigenvalue weighted by atomic mass is 32.2. The average molecular weight is 311 g/mol. The lowest BCUT2D eigenvalue weighted by Crippen LogP contribution is -2.58. The summed E-state index contributed by atoms with van der Waals surface area (Å²) in [7, 11) is -3.94. The van der Waals surface area contributed by atoms with Gasteiger partial charge < -0.3 is 10.2 Å². The molecule has 1 atom stereocenters. The molecule has 0 bridgehead atoms. The largest absolute Gasteiger partial charge is 0.353 e. The Morgan fingerprint density at radius 1 is 1.33 bits per heavy atom. The lowest BCUT2D eigenvalue weighted by atomic mass is 10.2. The van der Waals surface area contributed by atoms with Crippen LogP contribution in [0.15, 0.2) is 29.2 Å². The molecule has 1 aliphatic heterocycles. The summed E-state index contributed by atoms with van der Waals surface area (Å²) in [4.78, 5) is 24.8. The van der Waals surface area contributed by atoms with E-state index >= 15 is 0 Å². The van der Waals surface area contributed by atoms with E-state index in [9.17, 15) is 18.0 Å². The fourth-order valence-corrected chi connectivity index (χ4v) is 2.97. The van der Waals surface area contributed by atoms with E-state index in [-0.39, 0.29) is 17.3 Å². The Balaban J connectivity index is 2.14. The van der Waals surface area contributed by atoms with Crippen LogP contribution in [-0.2, 0) is 14.8 Å². The number of nitrogens with one attached hydrogen (secondary N) is 2. The molecule has 3 amide bonds. The molecule has 8 heteroatoms. The first-order chi connectivity index (χ1) is 9.81. The molecular formula is C13H17N3O4S. The van der Waals surface area contributed by atoms with Crippen molar-refractivity contribution in [3.05, 3.63) is 29.8 Å². The highest BCUT2D eigenvalue weighted by Crippen LogP contribution is 2.11. The van der Waals surface area contributed by atoms with Crippen LogP contribution in [0.4, 0.5) is 4.79 Å². The first-order valence-electron chi connectivity index (χ1n) is 6.49.